The van der Waals surface area contributed by atoms with Crippen LogP contribution in [0.5, 0.6) is 0 Å². The molecule has 1 saturated carbocycles. The average molecular weight is 213 g/mol. The maximum atomic E-state index is 10.3. The smallest absolute Gasteiger partial charge is 0.105 e. The molecule has 1 heterocycles. The largest absolute Gasteiger partial charge is 0.386 e. The summed E-state index contributed by atoms with van der Waals surface area (Å²) in [6, 6.07) is 0.599. The van der Waals surface area contributed by atoms with Crippen molar-refractivity contribution in [2.45, 2.75) is 57.3 Å². The van der Waals surface area contributed by atoms with Crippen LogP contribution in [0.15, 0.2) is 0 Å². The van der Waals surface area contributed by atoms with Crippen molar-refractivity contribution in [3.05, 3.63) is 0 Å². The first-order chi connectivity index (χ1) is 7.12. The summed E-state index contributed by atoms with van der Waals surface area (Å²) in [5, 5.41) is 13.8. The molecule has 88 valence electrons. The van der Waals surface area contributed by atoms with E-state index in [0.717, 1.165) is 12.3 Å². The van der Waals surface area contributed by atoms with E-state index >= 15 is 0 Å². The van der Waals surface area contributed by atoms with Gasteiger partial charge in [-0.25, -0.2) is 0 Å². The van der Waals surface area contributed by atoms with Crippen LogP contribution < -0.4 is 5.32 Å². The number of hydrogen-bond donors (Lipinski definition) is 2. The minimum Gasteiger partial charge on any atom is -0.386 e. The molecule has 1 saturated heterocycles. The fourth-order valence-electron chi connectivity index (χ4n) is 2.76. The minimum atomic E-state index is -0.637. The molecule has 3 nitrogen and oxygen atoms in total. The number of hydrogen-bond acceptors (Lipinski definition) is 3. The summed E-state index contributed by atoms with van der Waals surface area (Å²) in [6.45, 7) is 5.64. The van der Waals surface area contributed by atoms with Crippen LogP contribution in [-0.2, 0) is 4.74 Å². The van der Waals surface area contributed by atoms with Crippen molar-refractivity contribution >= 4 is 0 Å². The Morgan fingerprint density at radius 2 is 2.20 bits per heavy atom. The van der Waals surface area contributed by atoms with E-state index in [9.17, 15) is 5.11 Å². The number of nitrogens with one attached hydrogen (secondary N) is 1. The highest BCUT2D eigenvalue weighted by atomic mass is 16.5. The second kappa shape index (κ2) is 4.40. The van der Waals surface area contributed by atoms with Gasteiger partial charge < -0.3 is 15.2 Å². The Balaban J connectivity index is 1.81. The highest BCUT2D eigenvalue weighted by molar-refractivity contribution is 4.93. The molecule has 2 fully saturated rings. The van der Waals surface area contributed by atoms with Gasteiger partial charge in [0.15, 0.2) is 0 Å². The van der Waals surface area contributed by atoms with E-state index in [1.54, 1.807) is 0 Å². The third-order valence-corrected chi connectivity index (χ3v) is 4.19. The molecule has 0 aromatic heterocycles. The van der Waals surface area contributed by atoms with Crippen LogP contribution in [0.2, 0.25) is 0 Å². The van der Waals surface area contributed by atoms with Crippen LogP contribution in [0.1, 0.15) is 39.5 Å². The van der Waals surface area contributed by atoms with E-state index < -0.39 is 5.60 Å². The Labute approximate surface area is 92.2 Å². The van der Waals surface area contributed by atoms with Gasteiger partial charge in [0.2, 0.25) is 0 Å². The predicted octanol–water partition coefficient (Wildman–Crippen LogP) is 1.30. The van der Waals surface area contributed by atoms with Crippen LogP contribution in [-0.4, -0.2) is 36.0 Å². The fourth-order valence-corrected chi connectivity index (χ4v) is 2.76. The lowest BCUT2D eigenvalue weighted by molar-refractivity contribution is -0.0281. The molecule has 0 aromatic rings. The Kier molecular flexibility index (Phi) is 3.33. The van der Waals surface area contributed by atoms with E-state index in [2.05, 4.69) is 12.2 Å². The molecule has 2 N–H and O–H groups in total. The molecule has 0 spiro atoms. The second-order valence-electron chi connectivity index (χ2n) is 5.26. The molecule has 0 aromatic carbocycles. The summed E-state index contributed by atoms with van der Waals surface area (Å²) in [7, 11) is 0. The first-order valence-corrected chi connectivity index (χ1v) is 6.19. The molecule has 2 rings (SSSR count). The van der Waals surface area contributed by atoms with Crippen LogP contribution >= 0.6 is 0 Å². The highest BCUT2D eigenvalue weighted by Gasteiger charge is 2.40. The quantitative estimate of drug-likeness (QED) is 0.742. The van der Waals surface area contributed by atoms with Crippen LogP contribution in [0.4, 0.5) is 0 Å². The van der Waals surface area contributed by atoms with Crippen LogP contribution in [0.3, 0.4) is 0 Å². The van der Waals surface area contributed by atoms with E-state index in [0.29, 0.717) is 19.2 Å². The molecular formula is C12H23NO2. The molecule has 3 heteroatoms. The van der Waals surface area contributed by atoms with Crippen molar-refractivity contribution in [3.8, 4) is 0 Å². The molecule has 4 atom stereocenters. The van der Waals surface area contributed by atoms with Gasteiger partial charge in [-0.1, -0.05) is 13.3 Å². The van der Waals surface area contributed by atoms with Crippen molar-refractivity contribution in [3.63, 3.8) is 0 Å². The van der Waals surface area contributed by atoms with Gasteiger partial charge in [-0.05, 0) is 25.7 Å². The first kappa shape index (κ1) is 11.4. The van der Waals surface area contributed by atoms with Crippen molar-refractivity contribution in [1.29, 1.82) is 0 Å². The average Bonchev–Trinajstić information content (AvgIpc) is 2.73. The van der Waals surface area contributed by atoms with Gasteiger partial charge in [0, 0.05) is 25.6 Å². The van der Waals surface area contributed by atoms with Gasteiger partial charge in [0.25, 0.3) is 0 Å². The molecular weight excluding hydrogens is 190 g/mol. The molecule has 2 aliphatic rings. The minimum absolute atomic E-state index is 0.0262. The van der Waals surface area contributed by atoms with E-state index in [1.807, 2.05) is 6.92 Å². The van der Waals surface area contributed by atoms with Gasteiger partial charge in [-0.2, -0.15) is 0 Å². The van der Waals surface area contributed by atoms with Crippen molar-refractivity contribution in [2.24, 2.45) is 5.92 Å². The van der Waals surface area contributed by atoms with Gasteiger partial charge in [0.1, 0.15) is 5.60 Å². The van der Waals surface area contributed by atoms with Gasteiger partial charge in [-0.3, -0.25) is 0 Å². The standard InChI is InChI=1S/C12H23NO2/c1-9-4-3-5-11(9)13-8-12(14)6-7-15-10(12)2/h9-11,13-14H,3-8H2,1-2H3. The zero-order valence-electron chi connectivity index (χ0n) is 9.83. The Morgan fingerprint density at radius 3 is 2.73 bits per heavy atom. The van der Waals surface area contributed by atoms with E-state index in [1.165, 1.54) is 19.3 Å². The van der Waals surface area contributed by atoms with Gasteiger partial charge in [0.05, 0.1) is 6.10 Å². The predicted molar refractivity (Wildman–Crippen MR) is 59.8 cm³/mol. The zero-order valence-corrected chi connectivity index (χ0v) is 9.83. The normalized spacial score (nSPS) is 46.2. The number of rotatable bonds is 3. The first-order valence-electron chi connectivity index (χ1n) is 6.19. The lowest BCUT2D eigenvalue weighted by Crippen LogP contribution is -2.49. The molecule has 1 aliphatic heterocycles. The van der Waals surface area contributed by atoms with Crippen molar-refractivity contribution < 1.29 is 9.84 Å². The SMILES string of the molecule is CC1CCCC1NCC1(O)CCOC1C. The Hall–Kier alpha value is -0.120. The molecule has 0 radical (unpaired) electrons. The van der Waals surface area contributed by atoms with E-state index in [4.69, 9.17) is 4.74 Å². The monoisotopic (exact) mass is 213 g/mol. The number of aliphatic hydroxyl groups is 1. The lowest BCUT2D eigenvalue weighted by atomic mass is 9.95. The summed E-state index contributed by atoms with van der Waals surface area (Å²) in [4.78, 5) is 0. The molecule has 15 heavy (non-hydrogen) atoms. The van der Waals surface area contributed by atoms with Gasteiger partial charge >= 0.3 is 0 Å². The Bertz CT molecular complexity index is 222. The summed E-state index contributed by atoms with van der Waals surface area (Å²) < 4.78 is 5.42. The molecule has 0 amide bonds. The van der Waals surface area contributed by atoms with Crippen LogP contribution in [0, 0.1) is 5.92 Å². The zero-order chi connectivity index (χ0) is 10.9. The van der Waals surface area contributed by atoms with Gasteiger partial charge in [-0.15, -0.1) is 0 Å². The fraction of sp³-hybridized carbons (Fsp3) is 1.00. The van der Waals surface area contributed by atoms with E-state index in [-0.39, 0.29) is 6.10 Å². The van der Waals surface area contributed by atoms with Crippen LogP contribution in [0.25, 0.3) is 0 Å². The summed E-state index contributed by atoms with van der Waals surface area (Å²) in [5.41, 5.74) is -0.637. The summed E-state index contributed by atoms with van der Waals surface area (Å²) in [6.07, 6.45) is 4.64. The maximum Gasteiger partial charge on any atom is 0.105 e. The third kappa shape index (κ3) is 2.35. The maximum absolute atomic E-state index is 10.3. The molecule has 0 bridgehead atoms. The number of ether oxygens (including phenoxy) is 1. The summed E-state index contributed by atoms with van der Waals surface area (Å²) >= 11 is 0. The Morgan fingerprint density at radius 1 is 1.40 bits per heavy atom. The molecule has 4 unspecified atom stereocenters. The molecule has 1 aliphatic carbocycles. The highest BCUT2D eigenvalue weighted by Crippen LogP contribution is 2.28. The third-order valence-electron chi connectivity index (χ3n) is 4.19. The second-order valence-corrected chi connectivity index (χ2v) is 5.26. The topological polar surface area (TPSA) is 41.5 Å². The lowest BCUT2D eigenvalue weighted by Gasteiger charge is -2.29. The van der Waals surface area contributed by atoms with Crippen molar-refractivity contribution in [1.82, 2.24) is 5.32 Å². The van der Waals surface area contributed by atoms with Crippen molar-refractivity contribution in [2.75, 3.05) is 13.2 Å². The summed E-state index contributed by atoms with van der Waals surface area (Å²) in [5.74, 6) is 0.756.